The maximum absolute atomic E-state index is 12.9. The van der Waals surface area contributed by atoms with Gasteiger partial charge in [0.05, 0.1) is 18.3 Å². The molecule has 0 saturated carbocycles. The maximum atomic E-state index is 12.9. The molecule has 0 radical (unpaired) electrons. The van der Waals surface area contributed by atoms with Crippen LogP contribution in [-0.2, 0) is 9.53 Å². The number of aryl methyl sites for hydroxylation is 1. The Morgan fingerprint density at radius 3 is 2.48 bits per heavy atom. The van der Waals surface area contributed by atoms with Gasteiger partial charge in [-0.25, -0.2) is 9.59 Å². The molecular weight excluding hydrogens is 292 g/mol. The molecule has 2 rings (SSSR count). The van der Waals surface area contributed by atoms with Crippen LogP contribution in [0, 0.1) is 6.92 Å². The Kier molecular flexibility index (Phi) is 5.21. The normalized spacial score (nSPS) is 11.1. The predicted molar refractivity (Wildman–Crippen MR) is 91.4 cm³/mol. The van der Waals surface area contributed by atoms with Crippen LogP contribution in [0.4, 0.5) is 4.79 Å². The van der Waals surface area contributed by atoms with Gasteiger partial charge in [0, 0.05) is 24.6 Å². The molecule has 0 aliphatic carbocycles. The van der Waals surface area contributed by atoms with Gasteiger partial charge in [-0.15, -0.1) is 0 Å². The minimum absolute atomic E-state index is 0.0937. The number of esters is 1. The number of ether oxygens (including phenoxy) is 1. The summed E-state index contributed by atoms with van der Waals surface area (Å²) in [5, 5.41) is 0.998. The van der Waals surface area contributed by atoms with Crippen LogP contribution in [-0.4, -0.2) is 41.7 Å². The Morgan fingerprint density at radius 1 is 1.22 bits per heavy atom. The number of para-hydroxylation sites is 1. The van der Waals surface area contributed by atoms with Gasteiger partial charge in [0.2, 0.25) is 0 Å². The molecule has 23 heavy (non-hydrogen) atoms. The number of nitrogens with zero attached hydrogens (tertiary/aromatic N) is 2. The summed E-state index contributed by atoms with van der Waals surface area (Å²) in [5.41, 5.74) is 2.50. The SMILES string of the molecule is CCN(CC)C(=O)n1c(/C=C/C(=O)OC)c(C)c2ccccc21. The minimum atomic E-state index is -0.448. The van der Waals surface area contributed by atoms with E-state index in [1.54, 1.807) is 15.5 Å². The highest BCUT2D eigenvalue weighted by Crippen LogP contribution is 2.27. The van der Waals surface area contributed by atoms with E-state index in [0.717, 1.165) is 16.5 Å². The second-order valence-corrected chi connectivity index (χ2v) is 5.17. The summed E-state index contributed by atoms with van der Waals surface area (Å²) in [6.07, 6.45) is 2.98. The fourth-order valence-corrected chi connectivity index (χ4v) is 2.68. The van der Waals surface area contributed by atoms with Crippen molar-refractivity contribution >= 4 is 29.0 Å². The van der Waals surface area contributed by atoms with Crippen LogP contribution in [0.25, 0.3) is 17.0 Å². The molecule has 0 N–H and O–H groups in total. The molecule has 5 nitrogen and oxygen atoms in total. The molecule has 0 aliphatic rings. The average molecular weight is 314 g/mol. The van der Waals surface area contributed by atoms with Gasteiger partial charge < -0.3 is 9.64 Å². The Labute approximate surface area is 136 Å². The Morgan fingerprint density at radius 2 is 1.87 bits per heavy atom. The molecule has 0 fully saturated rings. The zero-order valence-corrected chi connectivity index (χ0v) is 14.0. The fourth-order valence-electron chi connectivity index (χ4n) is 2.68. The van der Waals surface area contributed by atoms with Gasteiger partial charge in [-0.3, -0.25) is 4.57 Å². The predicted octanol–water partition coefficient (Wildman–Crippen LogP) is 3.45. The molecule has 2 aromatic rings. The van der Waals surface area contributed by atoms with Crippen molar-refractivity contribution in [1.29, 1.82) is 0 Å². The second-order valence-electron chi connectivity index (χ2n) is 5.17. The monoisotopic (exact) mass is 314 g/mol. The van der Waals surface area contributed by atoms with Gasteiger partial charge in [-0.2, -0.15) is 0 Å². The number of carbonyl (C=O) groups excluding carboxylic acids is 2. The molecule has 0 atom stereocenters. The van der Waals surface area contributed by atoms with Crippen LogP contribution in [0.5, 0.6) is 0 Å². The summed E-state index contributed by atoms with van der Waals surface area (Å²) in [6, 6.07) is 7.64. The molecule has 0 saturated heterocycles. The molecule has 5 heteroatoms. The van der Waals surface area contributed by atoms with Crippen molar-refractivity contribution in [2.75, 3.05) is 20.2 Å². The van der Waals surface area contributed by atoms with E-state index in [0.29, 0.717) is 18.8 Å². The quantitative estimate of drug-likeness (QED) is 0.641. The van der Waals surface area contributed by atoms with Gasteiger partial charge in [0.25, 0.3) is 0 Å². The Bertz CT molecular complexity index is 755. The molecule has 1 aromatic heterocycles. The topological polar surface area (TPSA) is 51.5 Å². The van der Waals surface area contributed by atoms with E-state index in [2.05, 4.69) is 4.74 Å². The highest BCUT2D eigenvalue weighted by atomic mass is 16.5. The lowest BCUT2D eigenvalue weighted by atomic mass is 10.1. The van der Waals surface area contributed by atoms with Crippen LogP contribution >= 0.6 is 0 Å². The third-order valence-electron chi connectivity index (χ3n) is 3.98. The lowest BCUT2D eigenvalue weighted by Gasteiger charge is -2.20. The zero-order chi connectivity index (χ0) is 17.0. The first-order valence-corrected chi connectivity index (χ1v) is 7.70. The number of methoxy groups -OCH3 is 1. The van der Waals surface area contributed by atoms with Crippen molar-refractivity contribution in [3.8, 4) is 0 Å². The van der Waals surface area contributed by atoms with E-state index < -0.39 is 5.97 Å². The van der Waals surface area contributed by atoms with Crippen LogP contribution in [0.3, 0.4) is 0 Å². The van der Waals surface area contributed by atoms with Crippen LogP contribution in [0.1, 0.15) is 25.1 Å². The number of aromatic nitrogens is 1. The summed E-state index contributed by atoms with van der Waals surface area (Å²) in [6.45, 7) is 7.10. The van der Waals surface area contributed by atoms with E-state index >= 15 is 0 Å². The molecule has 122 valence electrons. The van der Waals surface area contributed by atoms with Gasteiger partial charge in [-0.1, -0.05) is 18.2 Å². The van der Waals surface area contributed by atoms with E-state index in [9.17, 15) is 9.59 Å². The van der Waals surface area contributed by atoms with E-state index in [1.165, 1.54) is 13.2 Å². The summed E-state index contributed by atoms with van der Waals surface area (Å²) >= 11 is 0. The number of fused-ring (bicyclic) bond motifs is 1. The molecule has 0 unspecified atom stereocenters. The molecule has 1 heterocycles. The molecule has 0 bridgehead atoms. The van der Waals surface area contributed by atoms with Crippen molar-refractivity contribution in [2.45, 2.75) is 20.8 Å². The molecule has 0 spiro atoms. The van der Waals surface area contributed by atoms with E-state index in [-0.39, 0.29) is 6.03 Å². The van der Waals surface area contributed by atoms with Gasteiger partial charge in [0.1, 0.15) is 0 Å². The average Bonchev–Trinajstić information content (AvgIpc) is 2.86. The zero-order valence-electron chi connectivity index (χ0n) is 14.0. The van der Waals surface area contributed by atoms with Crippen molar-refractivity contribution < 1.29 is 14.3 Å². The lowest BCUT2D eigenvalue weighted by molar-refractivity contribution is -0.134. The van der Waals surface area contributed by atoms with Gasteiger partial charge in [-0.05, 0) is 38.5 Å². The third kappa shape index (κ3) is 3.13. The van der Waals surface area contributed by atoms with Crippen molar-refractivity contribution in [3.05, 3.63) is 41.6 Å². The van der Waals surface area contributed by atoms with Gasteiger partial charge in [0.15, 0.2) is 0 Å². The summed E-state index contributed by atoms with van der Waals surface area (Å²) in [4.78, 5) is 26.1. The number of benzene rings is 1. The summed E-state index contributed by atoms with van der Waals surface area (Å²) in [7, 11) is 1.33. The Balaban J connectivity index is 2.67. The van der Waals surface area contributed by atoms with Crippen LogP contribution < -0.4 is 0 Å². The number of hydrogen-bond donors (Lipinski definition) is 0. The fraction of sp³-hybridized carbons (Fsp3) is 0.333. The van der Waals surface area contributed by atoms with E-state index in [4.69, 9.17) is 0 Å². The van der Waals surface area contributed by atoms with E-state index in [1.807, 2.05) is 45.0 Å². The van der Waals surface area contributed by atoms with Crippen LogP contribution in [0.2, 0.25) is 0 Å². The summed E-state index contributed by atoms with van der Waals surface area (Å²) in [5.74, 6) is -0.448. The first-order chi connectivity index (χ1) is 11.0. The summed E-state index contributed by atoms with van der Waals surface area (Å²) < 4.78 is 6.31. The standard InChI is InChI=1S/C18H22N2O3/c1-5-19(6-2)18(22)20-15(11-12-17(21)23-4)13(3)14-9-7-8-10-16(14)20/h7-12H,5-6H2,1-4H3/b12-11+. The Hall–Kier alpha value is -2.56. The molecule has 1 aromatic carbocycles. The highest BCUT2D eigenvalue weighted by molar-refractivity contribution is 5.99. The van der Waals surface area contributed by atoms with Crippen molar-refractivity contribution in [1.82, 2.24) is 9.47 Å². The van der Waals surface area contributed by atoms with Crippen molar-refractivity contribution in [2.24, 2.45) is 0 Å². The van der Waals surface area contributed by atoms with Gasteiger partial charge >= 0.3 is 12.0 Å². The van der Waals surface area contributed by atoms with Crippen LogP contribution in [0.15, 0.2) is 30.3 Å². The molecule has 0 aliphatic heterocycles. The number of carbonyl (C=O) groups is 2. The van der Waals surface area contributed by atoms with Crippen molar-refractivity contribution in [3.63, 3.8) is 0 Å². The number of hydrogen-bond acceptors (Lipinski definition) is 3. The third-order valence-corrected chi connectivity index (χ3v) is 3.98. The first-order valence-electron chi connectivity index (χ1n) is 7.70. The lowest BCUT2D eigenvalue weighted by Crippen LogP contribution is -2.34. The second kappa shape index (κ2) is 7.13. The largest absolute Gasteiger partial charge is 0.466 e. The number of amides is 1. The minimum Gasteiger partial charge on any atom is -0.466 e. The molecule has 1 amide bonds. The number of rotatable bonds is 4. The first kappa shape index (κ1) is 16.8. The highest BCUT2D eigenvalue weighted by Gasteiger charge is 2.20. The molecular formula is C18H22N2O3. The smallest absolute Gasteiger partial charge is 0.330 e. The maximum Gasteiger partial charge on any atom is 0.330 e.